The summed E-state index contributed by atoms with van der Waals surface area (Å²) in [5.41, 5.74) is 1.94. The molecular formula is C28H25NO7. The van der Waals surface area contributed by atoms with Crippen LogP contribution < -0.4 is 19.6 Å². The Balaban J connectivity index is 1.60. The summed E-state index contributed by atoms with van der Waals surface area (Å²) in [7, 11) is 4.59. The zero-order valence-electron chi connectivity index (χ0n) is 20.1. The van der Waals surface area contributed by atoms with Gasteiger partial charge in [0.15, 0.2) is 28.4 Å². The van der Waals surface area contributed by atoms with Crippen LogP contribution in [0, 0.1) is 0 Å². The van der Waals surface area contributed by atoms with E-state index in [0.29, 0.717) is 41.0 Å². The Bertz CT molecular complexity index is 1520. The van der Waals surface area contributed by atoms with Gasteiger partial charge in [0.05, 0.1) is 38.3 Å². The van der Waals surface area contributed by atoms with Gasteiger partial charge in [0.2, 0.25) is 5.76 Å². The Hall–Kier alpha value is -4.46. The van der Waals surface area contributed by atoms with Gasteiger partial charge in [-0.2, -0.15) is 0 Å². The SMILES string of the molecule is COc1cc([C@@H]2c3c(oc4ccccc4c3=O)C(=O)N2CCc2ccc(OC)c(OC)c2)ccc1O. The molecule has 0 fully saturated rings. The van der Waals surface area contributed by atoms with E-state index in [1.54, 1.807) is 55.5 Å². The number of carbonyl (C=O) groups excluding carboxylic acids is 1. The predicted molar refractivity (Wildman–Crippen MR) is 133 cm³/mol. The summed E-state index contributed by atoms with van der Waals surface area (Å²) < 4.78 is 22.0. The lowest BCUT2D eigenvalue weighted by atomic mass is 9.97. The van der Waals surface area contributed by atoms with Crippen LogP contribution in [0.15, 0.2) is 69.9 Å². The van der Waals surface area contributed by atoms with Crippen LogP contribution in [0.25, 0.3) is 11.0 Å². The smallest absolute Gasteiger partial charge is 0.290 e. The van der Waals surface area contributed by atoms with Crippen LogP contribution in [0.1, 0.15) is 33.3 Å². The number of para-hydroxylation sites is 1. The lowest BCUT2D eigenvalue weighted by Crippen LogP contribution is -2.31. The molecule has 1 aliphatic rings. The number of aromatic hydroxyl groups is 1. The molecule has 0 saturated carbocycles. The Kier molecular flexibility index (Phi) is 6.01. The number of rotatable bonds is 7. The number of phenols is 1. The van der Waals surface area contributed by atoms with E-state index in [2.05, 4.69) is 0 Å². The highest BCUT2D eigenvalue weighted by atomic mass is 16.5. The zero-order chi connectivity index (χ0) is 25.4. The van der Waals surface area contributed by atoms with Crippen LogP contribution in [0.3, 0.4) is 0 Å². The van der Waals surface area contributed by atoms with E-state index in [1.165, 1.54) is 13.2 Å². The van der Waals surface area contributed by atoms with E-state index in [1.807, 2.05) is 18.2 Å². The molecule has 3 aromatic carbocycles. The molecule has 2 heterocycles. The van der Waals surface area contributed by atoms with Gasteiger partial charge in [-0.3, -0.25) is 9.59 Å². The summed E-state index contributed by atoms with van der Waals surface area (Å²) in [5, 5.41) is 10.5. The summed E-state index contributed by atoms with van der Waals surface area (Å²) in [6, 6.07) is 16.6. The number of carbonyl (C=O) groups is 1. The lowest BCUT2D eigenvalue weighted by molar-refractivity contribution is 0.0730. The highest BCUT2D eigenvalue weighted by molar-refractivity contribution is 5.99. The van der Waals surface area contributed by atoms with Gasteiger partial charge in [0.25, 0.3) is 5.91 Å². The Morgan fingerprint density at radius 3 is 2.39 bits per heavy atom. The highest BCUT2D eigenvalue weighted by Gasteiger charge is 2.42. The van der Waals surface area contributed by atoms with Crippen molar-refractivity contribution in [1.29, 1.82) is 0 Å². The van der Waals surface area contributed by atoms with Gasteiger partial charge < -0.3 is 28.6 Å². The summed E-state index contributed by atoms with van der Waals surface area (Å²) in [6.07, 6.45) is 0.500. The number of methoxy groups -OCH3 is 3. The Labute approximate surface area is 207 Å². The van der Waals surface area contributed by atoms with Crippen LogP contribution in [-0.4, -0.2) is 43.8 Å². The first-order chi connectivity index (χ1) is 17.5. The molecule has 0 bridgehead atoms. The van der Waals surface area contributed by atoms with Crippen molar-refractivity contribution >= 4 is 16.9 Å². The molecule has 8 heteroatoms. The standard InChI is InChI=1S/C28H25NO7/c1-33-21-11-8-16(14-23(21)35-3)12-13-29-25(17-9-10-19(30)22(15-17)34-2)24-26(31)18-6-4-5-7-20(18)36-27(24)28(29)32/h4-11,14-15,25,30H,12-13H2,1-3H3/t25-/m1/s1. The Morgan fingerprint density at radius 1 is 0.889 bits per heavy atom. The van der Waals surface area contributed by atoms with Gasteiger partial charge in [-0.05, 0) is 53.9 Å². The van der Waals surface area contributed by atoms with Gasteiger partial charge in [0.1, 0.15) is 5.58 Å². The molecule has 1 atom stereocenters. The predicted octanol–water partition coefficient (Wildman–Crippen LogP) is 4.31. The third kappa shape index (κ3) is 3.80. The number of nitrogens with zero attached hydrogens (tertiary/aromatic N) is 1. The maximum absolute atomic E-state index is 13.6. The monoisotopic (exact) mass is 487 g/mol. The zero-order valence-corrected chi connectivity index (χ0v) is 20.1. The molecule has 1 aromatic heterocycles. The number of hydrogen-bond donors (Lipinski definition) is 1. The first-order valence-corrected chi connectivity index (χ1v) is 11.4. The second kappa shape index (κ2) is 9.30. The first-order valence-electron chi connectivity index (χ1n) is 11.4. The maximum Gasteiger partial charge on any atom is 0.290 e. The fraction of sp³-hybridized carbons (Fsp3) is 0.214. The normalized spacial score (nSPS) is 14.7. The fourth-order valence-electron chi connectivity index (χ4n) is 4.69. The molecule has 1 aliphatic heterocycles. The Morgan fingerprint density at radius 2 is 1.64 bits per heavy atom. The minimum atomic E-state index is -0.706. The van der Waals surface area contributed by atoms with Gasteiger partial charge in [0, 0.05) is 6.54 Å². The number of phenolic OH excluding ortho intramolecular Hbond substituents is 1. The lowest BCUT2D eigenvalue weighted by Gasteiger charge is -2.25. The van der Waals surface area contributed by atoms with Gasteiger partial charge in [-0.1, -0.05) is 24.3 Å². The fourth-order valence-corrected chi connectivity index (χ4v) is 4.69. The molecule has 0 radical (unpaired) electrons. The molecule has 8 nitrogen and oxygen atoms in total. The third-order valence-electron chi connectivity index (χ3n) is 6.48. The molecule has 0 aliphatic carbocycles. The second-order valence-corrected chi connectivity index (χ2v) is 8.44. The highest BCUT2D eigenvalue weighted by Crippen LogP contribution is 2.41. The minimum Gasteiger partial charge on any atom is -0.504 e. The van der Waals surface area contributed by atoms with Crippen molar-refractivity contribution in [3.63, 3.8) is 0 Å². The van der Waals surface area contributed by atoms with Gasteiger partial charge in [-0.15, -0.1) is 0 Å². The van der Waals surface area contributed by atoms with Crippen LogP contribution in [-0.2, 0) is 6.42 Å². The molecule has 1 amide bonds. The van der Waals surface area contributed by atoms with Crippen molar-refractivity contribution in [3.8, 4) is 23.0 Å². The molecule has 184 valence electrons. The van der Waals surface area contributed by atoms with Crippen LogP contribution >= 0.6 is 0 Å². The van der Waals surface area contributed by atoms with Crippen molar-refractivity contribution in [3.05, 3.63) is 93.3 Å². The van der Waals surface area contributed by atoms with Crippen molar-refractivity contribution in [2.45, 2.75) is 12.5 Å². The summed E-state index contributed by atoms with van der Waals surface area (Å²) in [4.78, 5) is 28.8. The largest absolute Gasteiger partial charge is 0.504 e. The molecule has 0 saturated heterocycles. The van der Waals surface area contributed by atoms with Crippen molar-refractivity contribution in [2.24, 2.45) is 0 Å². The number of benzene rings is 3. The quantitative estimate of drug-likeness (QED) is 0.415. The van der Waals surface area contributed by atoms with Crippen LogP contribution in [0.5, 0.6) is 23.0 Å². The van der Waals surface area contributed by atoms with Gasteiger partial charge in [-0.25, -0.2) is 0 Å². The molecule has 5 rings (SSSR count). The molecule has 36 heavy (non-hydrogen) atoms. The summed E-state index contributed by atoms with van der Waals surface area (Å²) in [6.45, 7) is 0.308. The molecular weight excluding hydrogens is 462 g/mol. The van der Waals surface area contributed by atoms with Gasteiger partial charge >= 0.3 is 0 Å². The average molecular weight is 488 g/mol. The average Bonchev–Trinajstić information content (AvgIpc) is 3.19. The maximum atomic E-state index is 13.6. The van der Waals surface area contributed by atoms with E-state index in [9.17, 15) is 14.7 Å². The van der Waals surface area contributed by atoms with Crippen molar-refractivity contribution in [1.82, 2.24) is 4.90 Å². The molecule has 1 N–H and O–H groups in total. The molecule has 0 spiro atoms. The van der Waals surface area contributed by atoms with Crippen LogP contribution in [0.4, 0.5) is 0 Å². The summed E-state index contributed by atoms with van der Waals surface area (Å²) in [5.74, 6) is 1.08. The van der Waals surface area contributed by atoms with E-state index in [0.717, 1.165) is 5.56 Å². The van der Waals surface area contributed by atoms with E-state index in [-0.39, 0.29) is 34.2 Å². The number of ether oxygens (including phenoxy) is 3. The summed E-state index contributed by atoms with van der Waals surface area (Å²) >= 11 is 0. The van der Waals surface area contributed by atoms with Crippen LogP contribution in [0.2, 0.25) is 0 Å². The molecule has 4 aromatic rings. The first kappa shape index (κ1) is 23.3. The van der Waals surface area contributed by atoms with Crippen molar-refractivity contribution < 1.29 is 28.5 Å². The van der Waals surface area contributed by atoms with E-state index in [4.69, 9.17) is 18.6 Å². The number of fused-ring (bicyclic) bond motifs is 2. The number of amides is 1. The van der Waals surface area contributed by atoms with Crippen molar-refractivity contribution in [2.75, 3.05) is 27.9 Å². The van der Waals surface area contributed by atoms with E-state index < -0.39 is 6.04 Å². The minimum absolute atomic E-state index is 0.0306. The topological polar surface area (TPSA) is 98.4 Å². The third-order valence-corrected chi connectivity index (χ3v) is 6.48. The van der Waals surface area contributed by atoms with E-state index >= 15 is 0 Å². The second-order valence-electron chi connectivity index (χ2n) is 8.44. The number of hydrogen-bond acceptors (Lipinski definition) is 7. The molecule has 0 unspecified atom stereocenters.